The quantitative estimate of drug-likeness (QED) is 0.573. The zero-order valence-electron chi connectivity index (χ0n) is 10.7. The van der Waals surface area contributed by atoms with Gasteiger partial charge >= 0.3 is 0 Å². The Morgan fingerprint density at radius 2 is 2.28 bits per heavy atom. The number of unbranched alkanes of at least 4 members (excludes halogenated alkanes) is 1. The minimum Gasteiger partial charge on any atom is -0.310 e. The van der Waals surface area contributed by atoms with Gasteiger partial charge in [0.2, 0.25) is 0 Å². The van der Waals surface area contributed by atoms with E-state index in [1.54, 1.807) is 6.07 Å². The lowest BCUT2D eigenvalue weighted by Crippen LogP contribution is -2.22. The van der Waals surface area contributed by atoms with Crippen LogP contribution < -0.4 is 5.32 Å². The normalized spacial score (nSPS) is 12.1. The molecule has 0 bridgehead atoms. The van der Waals surface area contributed by atoms with Crippen LogP contribution in [-0.4, -0.2) is 6.54 Å². The van der Waals surface area contributed by atoms with Gasteiger partial charge in [-0.15, -0.1) is 12.3 Å². The van der Waals surface area contributed by atoms with Crippen molar-refractivity contribution in [1.82, 2.24) is 5.32 Å². The summed E-state index contributed by atoms with van der Waals surface area (Å²) < 4.78 is 13.5. The van der Waals surface area contributed by atoms with Crippen molar-refractivity contribution in [3.8, 4) is 12.3 Å². The van der Waals surface area contributed by atoms with E-state index in [1.165, 1.54) is 6.07 Å². The van der Waals surface area contributed by atoms with Crippen molar-refractivity contribution in [2.24, 2.45) is 0 Å². The Morgan fingerprint density at radius 1 is 1.50 bits per heavy atom. The van der Waals surface area contributed by atoms with E-state index < -0.39 is 0 Å². The van der Waals surface area contributed by atoms with E-state index in [0.717, 1.165) is 37.8 Å². The lowest BCUT2D eigenvalue weighted by molar-refractivity contribution is 0.484. The molecule has 1 aromatic rings. The molecule has 1 aromatic carbocycles. The Labute approximate surface area is 114 Å². The summed E-state index contributed by atoms with van der Waals surface area (Å²) in [6, 6.07) is 5.12. The van der Waals surface area contributed by atoms with Crippen molar-refractivity contribution in [3.05, 3.63) is 34.6 Å². The standard InChI is InChI=1S/C15H19ClFN/c1-3-5-6-7-15(18-10-4-2)12-8-9-13(16)14(17)11-12/h1,8-9,11,15,18H,4-7,10H2,2H3. The first-order valence-electron chi connectivity index (χ1n) is 6.30. The molecule has 0 saturated heterocycles. The topological polar surface area (TPSA) is 12.0 Å². The largest absolute Gasteiger partial charge is 0.310 e. The second-order valence-corrected chi connectivity index (χ2v) is 4.68. The van der Waals surface area contributed by atoms with Crippen molar-refractivity contribution in [3.63, 3.8) is 0 Å². The summed E-state index contributed by atoms with van der Waals surface area (Å²) in [5, 5.41) is 3.58. The van der Waals surface area contributed by atoms with Crippen molar-refractivity contribution in [2.75, 3.05) is 6.54 Å². The van der Waals surface area contributed by atoms with Crippen LogP contribution in [0.3, 0.4) is 0 Å². The maximum atomic E-state index is 13.5. The summed E-state index contributed by atoms with van der Waals surface area (Å²) in [7, 11) is 0. The van der Waals surface area contributed by atoms with Crippen LogP contribution >= 0.6 is 11.6 Å². The Kier molecular flexibility index (Phi) is 6.78. The summed E-state index contributed by atoms with van der Waals surface area (Å²) in [6.45, 7) is 3.01. The predicted molar refractivity (Wildman–Crippen MR) is 75.1 cm³/mol. The molecular weight excluding hydrogens is 249 g/mol. The third kappa shape index (κ3) is 4.68. The number of hydrogen-bond donors (Lipinski definition) is 1. The van der Waals surface area contributed by atoms with Gasteiger partial charge in [0, 0.05) is 12.5 Å². The van der Waals surface area contributed by atoms with Crippen LogP contribution in [0.1, 0.15) is 44.2 Å². The summed E-state index contributed by atoms with van der Waals surface area (Å²) in [5.41, 5.74) is 0.933. The van der Waals surface area contributed by atoms with Gasteiger partial charge in [0.15, 0.2) is 0 Å². The van der Waals surface area contributed by atoms with Crippen LogP contribution in [0.2, 0.25) is 5.02 Å². The number of hydrogen-bond acceptors (Lipinski definition) is 1. The van der Waals surface area contributed by atoms with Gasteiger partial charge in [-0.1, -0.05) is 24.6 Å². The number of benzene rings is 1. The average molecular weight is 268 g/mol. The van der Waals surface area contributed by atoms with Gasteiger partial charge in [-0.25, -0.2) is 4.39 Å². The number of halogens is 2. The molecule has 1 N–H and O–H groups in total. The summed E-state index contributed by atoms with van der Waals surface area (Å²) in [4.78, 5) is 0. The van der Waals surface area contributed by atoms with Crippen LogP contribution in [0.5, 0.6) is 0 Å². The molecule has 0 aliphatic carbocycles. The van der Waals surface area contributed by atoms with E-state index in [1.807, 2.05) is 6.07 Å². The van der Waals surface area contributed by atoms with E-state index in [0.29, 0.717) is 0 Å². The smallest absolute Gasteiger partial charge is 0.142 e. The molecule has 18 heavy (non-hydrogen) atoms. The van der Waals surface area contributed by atoms with Crippen LogP contribution in [0, 0.1) is 18.2 Å². The highest BCUT2D eigenvalue weighted by atomic mass is 35.5. The second-order valence-electron chi connectivity index (χ2n) is 4.28. The molecule has 1 rings (SSSR count). The molecule has 0 aromatic heterocycles. The molecule has 0 spiro atoms. The lowest BCUT2D eigenvalue weighted by Gasteiger charge is -2.19. The van der Waals surface area contributed by atoms with Crippen LogP contribution in [0.4, 0.5) is 4.39 Å². The first-order valence-corrected chi connectivity index (χ1v) is 6.68. The van der Waals surface area contributed by atoms with Gasteiger partial charge in [-0.3, -0.25) is 0 Å². The minimum atomic E-state index is -0.366. The van der Waals surface area contributed by atoms with Crippen molar-refractivity contribution in [1.29, 1.82) is 0 Å². The van der Waals surface area contributed by atoms with Crippen LogP contribution in [-0.2, 0) is 0 Å². The Bertz CT molecular complexity index is 411. The van der Waals surface area contributed by atoms with Gasteiger partial charge in [-0.05, 0) is 43.5 Å². The number of rotatable bonds is 7. The van der Waals surface area contributed by atoms with Gasteiger partial charge < -0.3 is 5.32 Å². The van der Waals surface area contributed by atoms with Gasteiger partial charge in [0.25, 0.3) is 0 Å². The van der Waals surface area contributed by atoms with E-state index >= 15 is 0 Å². The molecule has 0 radical (unpaired) electrons. The molecule has 1 nitrogen and oxygen atoms in total. The van der Waals surface area contributed by atoms with Crippen LogP contribution in [0.25, 0.3) is 0 Å². The molecule has 0 fully saturated rings. The first-order chi connectivity index (χ1) is 8.69. The summed E-state index contributed by atoms with van der Waals surface area (Å²) >= 11 is 5.69. The van der Waals surface area contributed by atoms with Gasteiger partial charge in [0.1, 0.15) is 5.82 Å². The fourth-order valence-corrected chi connectivity index (χ4v) is 1.96. The summed E-state index contributed by atoms with van der Waals surface area (Å²) in [6.07, 6.45) is 8.88. The molecule has 1 unspecified atom stereocenters. The fourth-order valence-electron chi connectivity index (χ4n) is 1.84. The van der Waals surface area contributed by atoms with Crippen molar-refractivity contribution >= 4 is 11.6 Å². The first kappa shape index (κ1) is 15.0. The molecule has 98 valence electrons. The van der Waals surface area contributed by atoms with Crippen LogP contribution in [0.15, 0.2) is 18.2 Å². The van der Waals surface area contributed by atoms with E-state index in [2.05, 4.69) is 18.2 Å². The van der Waals surface area contributed by atoms with Gasteiger partial charge in [0.05, 0.1) is 5.02 Å². The zero-order valence-corrected chi connectivity index (χ0v) is 11.4. The maximum Gasteiger partial charge on any atom is 0.142 e. The van der Waals surface area contributed by atoms with Gasteiger partial charge in [-0.2, -0.15) is 0 Å². The average Bonchev–Trinajstić information content (AvgIpc) is 2.37. The highest BCUT2D eigenvalue weighted by molar-refractivity contribution is 6.30. The molecule has 0 amide bonds. The highest BCUT2D eigenvalue weighted by Gasteiger charge is 2.12. The zero-order chi connectivity index (χ0) is 13.4. The third-order valence-corrected chi connectivity index (χ3v) is 3.11. The monoisotopic (exact) mass is 267 g/mol. The maximum absolute atomic E-state index is 13.5. The number of nitrogens with one attached hydrogen (secondary N) is 1. The SMILES string of the molecule is C#CCCCC(NCCC)c1ccc(Cl)c(F)c1. The molecule has 1 atom stereocenters. The summed E-state index contributed by atoms with van der Waals surface area (Å²) in [5.74, 6) is 2.26. The van der Waals surface area contributed by atoms with Crippen molar-refractivity contribution in [2.45, 2.75) is 38.6 Å². The molecule has 0 aliphatic heterocycles. The number of terminal acetylenes is 1. The van der Waals surface area contributed by atoms with Crippen molar-refractivity contribution < 1.29 is 4.39 Å². The highest BCUT2D eigenvalue weighted by Crippen LogP contribution is 2.23. The second kappa shape index (κ2) is 8.13. The Balaban J connectivity index is 2.73. The Morgan fingerprint density at radius 3 is 2.89 bits per heavy atom. The molecule has 0 heterocycles. The van der Waals surface area contributed by atoms with E-state index in [-0.39, 0.29) is 16.9 Å². The molecule has 0 saturated carbocycles. The van der Waals surface area contributed by atoms with E-state index in [4.69, 9.17) is 18.0 Å². The lowest BCUT2D eigenvalue weighted by atomic mass is 10.0. The van der Waals surface area contributed by atoms with E-state index in [9.17, 15) is 4.39 Å². The molecule has 0 aliphatic rings. The minimum absolute atomic E-state index is 0.144. The predicted octanol–water partition coefficient (Wildman–Crippen LogP) is 4.32. The fraction of sp³-hybridized carbons (Fsp3) is 0.467. The molecule has 3 heteroatoms. The Hall–Kier alpha value is -1.04. The third-order valence-electron chi connectivity index (χ3n) is 2.80. The molecular formula is C15H19ClFN.